The predicted octanol–water partition coefficient (Wildman–Crippen LogP) is 4.19. The van der Waals surface area contributed by atoms with Crippen molar-refractivity contribution in [3.8, 4) is 5.69 Å². The van der Waals surface area contributed by atoms with Crippen molar-refractivity contribution in [1.82, 2.24) is 25.2 Å². The number of rotatable bonds is 5. The Morgan fingerprint density at radius 1 is 1.36 bits per heavy atom. The molecule has 22 heavy (non-hydrogen) atoms. The lowest BCUT2D eigenvalue weighted by atomic mass is 10.2. The Kier molecular flexibility index (Phi) is 4.75. The highest BCUT2D eigenvalue weighted by molar-refractivity contribution is 7.98. The molecular weight excluding hydrogens is 338 g/mol. The first-order valence-electron chi connectivity index (χ1n) is 6.75. The Labute approximate surface area is 141 Å². The summed E-state index contributed by atoms with van der Waals surface area (Å²) in [7, 11) is 0. The molecule has 0 atom stereocenters. The molecule has 0 N–H and O–H groups in total. The van der Waals surface area contributed by atoms with Gasteiger partial charge < -0.3 is 0 Å². The van der Waals surface area contributed by atoms with E-state index in [9.17, 15) is 0 Å². The van der Waals surface area contributed by atoms with E-state index in [1.807, 2.05) is 24.3 Å². The summed E-state index contributed by atoms with van der Waals surface area (Å²) in [4.78, 5) is 4.62. The third-order valence-electron chi connectivity index (χ3n) is 2.91. The molecule has 0 radical (unpaired) electrons. The Morgan fingerprint density at radius 3 is 2.95 bits per heavy atom. The van der Waals surface area contributed by atoms with E-state index < -0.39 is 0 Å². The number of halogens is 1. The van der Waals surface area contributed by atoms with Crippen LogP contribution in [0.15, 0.2) is 34.8 Å². The second-order valence-corrected chi connectivity index (χ2v) is 7.24. The molecule has 3 rings (SSSR count). The molecule has 114 valence electrons. The van der Waals surface area contributed by atoms with Crippen molar-refractivity contribution in [3.05, 3.63) is 45.4 Å². The van der Waals surface area contributed by atoms with Crippen LogP contribution in [0.25, 0.3) is 5.69 Å². The molecule has 8 heteroatoms. The van der Waals surface area contributed by atoms with Crippen LogP contribution in [0.1, 0.15) is 30.5 Å². The van der Waals surface area contributed by atoms with Crippen LogP contribution in [0.4, 0.5) is 0 Å². The van der Waals surface area contributed by atoms with Crippen LogP contribution in [0.3, 0.4) is 0 Å². The van der Waals surface area contributed by atoms with E-state index >= 15 is 0 Å². The van der Waals surface area contributed by atoms with E-state index in [0.717, 1.165) is 27.3 Å². The van der Waals surface area contributed by atoms with Crippen LogP contribution in [0, 0.1) is 0 Å². The van der Waals surface area contributed by atoms with Crippen LogP contribution < -0.4 is 0 Å². The summed E-state index contributed by atoms with van der Waals surface area (Å²) in [5.74, 6) is 1.20. The minimum atomic E-state index is 0.459. The molecule has 0 aliphatic heterocycles. The van der Waals surface area contributed by atoms with Crippen molar-refractivity contribution < 1.29 is 0 Å². The standard InChI is InChI=1S/C14H14ClN5S2/c1-9(2)13-16-11(7-21-13)8-22-14-17-18-19-20(14)12-5-3-4-10(15)6-12/h3-7,9H,8H2,1-2H3. The highest BCUT2D eigenvalue weighted by Crippen LogP contribution is 2.26. The van der Waals surface area contributed by atoms with Gasteiger partial charge in [0.2, 0.25) is 5.16 Å². The molecular formula is C14H14ClN5S2. The Bertz CT molecular complexity index is 768. The highest BCUT2D eigenvalue weighted by atomic mass is 35.5. The maximum absolute atomic E-state index is 6.02. The third kappa shape index (κ3) is 3.48. The quantitative estimate of drug-likeness (QED) is 0.645. The largest absolute Gasteiger partial charge is 0.245 e. The number of aromatic nitrogens is 5. The van der Waals surface area contributed by atoms with Crippen LogP contribution in [0.5, 0.6) is 0 Å². The van der Waals surface area contributed by atoms with Crippen LogP contribution in [0.2, 0.25) is 5.02 Å². The molecule has 2 aromatic heterocycles. The Morgan fingerprint density at radius 2 is 2.23 bits per heavy atom. The number of nitrogens with zero attached hydrogens (tertiary/aromatic N) is 5. The minimum Gasteiger partial charge on any atom is -0.245 e. The van der Waals surface area contributed by atoms with Gasteiger partial charge in [-0.25, -0.2) is 4.98 Å². The topological polar surface area (TPSA) is 56.5 Å². The third-order valence-corrected chi connectivity index (χ3v) is 5.29. The van der Waals surface area contributed by atoms with Crippen molar-refractivity contribution in [2.24, 2.45) is 0 Å². The molecule has 0 aliphatic carbocycles. The molecule has 0 amide bonds. The normalized spacial score (nSPS) is 11.3. The van der Waals surface area contributed by atoms with Gasteiger partial charge in [0, 0.05) is 22.1 Å². The zero-order valence-electron chi connectivity index (χ0n) is 12.1. The SMILES string of the molecule is CC(C)c1nc(CSc2nnnn2-c2cccc(Cl)c2)cs1. The van der Waals surface area contributed by atoms with E-state index in [1.54, 1.807) is 27.8 Å². The second-order valence-electron chi connectivity index (χ2n) is 4.97. The molecule has 2 heterocycles. The molecule has 0 bridgehead atoms. The summed E-state index contributed by atoms with van der Waals surface area (Å²) in [5, 5.41) is 16.5. The fourth-order valence-corrected chi connectivity index (χ4v) is 3.74. The molecule has 1 aromatic carbocycles. The average molecular weight is 352 g/mol. The summed E-state index contributed by atoms with van der Waals surface area (Å²) >= 11 is 9.28. The van der Waals surface area contributed by atoms with Crippen molar-refractivity contribution in [1.29, 1.82) is 0 Å². The molecule has 0 saturated carbocycles. The number of tetrazole rings is 1. The summed E-state index contributed by atoms with van der Waals surface area (Å²) in [5.41, 5.74) is 1.90. The molecule has 3 aromatic rings. The number of hydrogen-bond acceptors (Lipinski definition) is 6. The van der Waals surface area contributed by atoms with Gasteiger partial charge in [-0.05, 0) is 28.6 Å². The van der Waals surface area contributed by atoms with Crippen LogP contribution >= 0.6 is 34.7 Å². The number of benzene rings is 1. The van der Waals surface area contributed by atoms with Crippen LogP contribution in [-0.4, -0.2) is 25.2 Å². The zero-order chi connectivity index (χ0) is 15.5. The summed E-state index contributed by atoms with van der Waals surface area (Å²) in [6.07, 6.45) is 0. The summed E-state index contributed by atoms with van der Waals surface area (Å²) in [6.45, 7) is 4.30. The van der Waals surface area contributed by atoms with E-state index in [0.29, 0.717) is 10.9 Å². The van der Waals surface area contributed by atoms with Gasteiger partial charge in [-0.1, -0.05) is 43.3 Å². The summed E-state index contributed by atoms with van der Waals surface area (Å²) in [6, 6.07) is 7.46. The lowest BCUT2D eigenvalue weighted by Gasteiger charge is -2.03. The molecule has 5 nitrogen and oxygen atoms in total. The highest BCUT2D eigenvalue weighted by Gasteiger charge is 2.11. The van der Waals surface area contributed by atoms with Crippen LogP contribution in [-0.2, 0) is 5.75 Å². The van der Waals surface area contributed by atoms with Gasteiger partial charge in [-0.3, -0.25) is 0 Å². The van der Waals surface area contributed by atoms with Gasteiger partial charge in [0.25, 0.3) is 0 Å². The van der Waals surface area contributed by atoms with Crippen molar-refractivity contribution >= 4 is 34.7 Å². The summed E-state index contributed by atoms with van der Waals surface area (Å²) < 4.78 is 1.69. The number of thiazole rings is 1. The van der Waals surface area contributed by atoms with E-state index in [2.05, 4.69) is 39.7 Å². The van der Waals surface area contributed by atoms with Crippen molar-refractivity contribution in [2.75, 3.05) is 0 Å². The first-order valence-corrected chi connectivity index (χ1v) is 8.99. The minimum absolute atomic E-state index is 0.459. The van der Waals surface area contributed by atoms with Gasteiger partial charge in [0.05, 0.1) is 16.4 Å². The monoisotopic (exact) mass is 351 g/mol. The van der Waals surface area contributed by atoms with E-state index in [1.165, 1.54) is 0 Å². The number of hydrogen-bond donors (Lipinski definition) is 0. The van der Waals surface area contributed by atoms with Gasteiger partial charge in [0.15, 0.2) is 0 Å². The fraction of sp³-hybridized carbons (Fsp3) is 0.286. The Hall–Kier alpha value is -1.44. The first kappa shape index (κ1) is 15.5. The Balaban J connectivity index is 1.75. The number of thioether (sulfide) groups is 1. The smallest absolute Gasteiger partial charge is 0.214 e. The van der Waals surface area contributed by atoms with E-state index in [-0.39, 0.29) is 0 Å². The van der Waals surface area contributed by atoms with Crippen molar-refractivity contribution in [2.45, 2.75) is 30.7 Å². The first-order chi connectivity index (χ1) is 10.6. The maximum Gasteiger partial charge on any atom is 0.214 e. The molecule has 0 saturated heterocycles. The molecule has 0 aliphatic rings. The maximum atomic E-state index is 6.02. The average Bonchev–Trinajstić information content (AvgIpc) is 3.14. The lowest BCUT2D eigenvalue weighted by Crippen LogP contribution is -1.99. The molecule has 0 unspecified atom stereocenters. The fourth-order valence-electron chi connectivity index (χ4n) is 1.83. The van der Waals surface area contributed by atoms with Gasteiger partial charge >= 0.3 is 0 Å². The lowest BCUT2D eigenvalue weighted by molar-refractivity contribution is 0.756. The van der Waals surface area contributed by atoms with E-state index in [4.69, 9.17) is 11.6 Å². The van der Waals surface area contributed by atoms with Gasteiger partial charge in [0.1, 0.15) is 0 Å². The zero-order valence-corrected chi connectivity index (χ0v) is 14.5. The van der Waals surface area contributed by atoms with Gasteiger partial charge in [-0.2, -0.15) is 4.68 Å². The molecule has 0 spiro atoms. The predicted molar refractivity (Wildman–Crippen MR) is 89.9 cm³/mol. The second kappa shape index (κ2) is 6.76. The molecule has 0 fully saturated rings. The van der Waals surface area contributed by atoms with Gasteiger partial charge in [-0.15, -0.1) is 16.4 Å². The van der Waals surface area contributed by atoms with Crippen molar-refractivity contribution in [3.63, 3.8) is 0 Å².